The van der Waals surface area contributed by atoms with Crippen LogP contribution in [0.5, 0.6) is 11.5 Å². The molecule has 2 amide bonds. The number of anilines is 1. The fraction of sp³-hybridized carbons (Fsp3) is 0.439. The maximum Gasteiger partial charge on any atom is 0.330 e. The Morgan fingerprint density at radius 3 is 2.64 bits per heavy atom. The van der Waals surface area contributed by atoms with Crippen LogP contribution in [0.3, 0.4) is 0 Å². The van der Waals surface area contributed by atoms with Gasteiger partial charge in [0.2, 0.25) is 11.8 Å². The highest BCUT2D eigenvalue weighted by molar-refractivity contribution is 7.13. The smallest absolute Gasteiger partial charge is 0.330 e. The van der Waals surface area contributed by atoms with Crippen molar-refractivity contribution in [3.8, 4) is 22.2 Å². The predicted octanol–water partition coefficient (Wildman–Crippen LogP) is 7.11. The van der Waals surface area contributed by atoms with Crippen LogP contribution in [0, 0.1) is 12.8 Å². The number of carboxylic acids is 1. The molecule has 2 aromatic heterocycles. The molecule has 1 saturated carbocycles. The van der Waals surface area contributed by atoms with Crippen molar-refractivity contribution in [1.29, 1.82) is 0 Å². The number of aliphatic carboxylic acids is 1. The number of fused-ring (bicyclic) bond motifs is 3. The van der Waals surface area contributed by atoms with Crippen molar-refractivity contribution < 1.29 is 29.0 Å². The molecular weight excluding hydrogens is 691 g/mol. The number of allylic oxidation sites excluding steroid dienone is 1. The molecule has 7 rings (SSSR count). The van der Waals surface area contributed by atoms with Gasteiger partial charge >= 0.3 is 5.97 Å². The molecule has 4 aromatic rings. The molecule has 12 heteroatoms. The summed E-state index contributed by atoms with van der Waals surface area (Å²) in [7, 11) is 1.63. The number of methoxy groups -OCH3 is 1. The molecular formula is C41H47N5O6S. The van der Waals surface area contributed by atoms with E-state index in [1.165, 1.54) is 11.3 Å². The molecule has 2 fully saturated rings. The lowest BCUT2D eigenvalue weighted by atomic mass is 10.0. The molecule has 5 atom stereocenters. The number of para-hydroxylation sites is 1. The van der Waals surface area contributed by atoms with E-state index >= 15 is 0 Å². The van der Waals surface area contributed by atoms with Gasteiger partial charge in [-0.2, -0.15) is 0 Å². The molecule has 3 aliphatic rings. The first-order valence-corrected chi connectivity index (χ1v) is 19.4. The summed E-state index contributed by atoms with van der Waals surface area (Å²) in [5.74, 6) is -0.554. The molecule has 2 aromatic carbocycles. The predicted molar refractivity (Wildman–Crippen MR) is 205 cm³/mol. The summed E-state index contributed by atoms with van der Waals surface area (Å²) in [5, 5.41) is 20.2. The van der Waals surface area contributed by atoms with E-state index in [9.17, 15) is 19.5 Å². The summed E-state index contributed by atoms with van der Waals surface area (Å²) in [4.78, 5) is 52.9. The number of rotatable bonds is 8. The quantitative estimate of drug-likeness (QED) is 0.161. The van der Waals surface area contributed by atoms with Gasteiger partial charge in [-0.15, -0.1) is 11.3 Å². The van der Waals surface area contributed by atoms with Crippen molar-refractivity contribution in [3.63, 3.8) is 0 Å². The van der Waals surface area contributed by atoms with Crippen LogP contribution in [0.4, 0.5) is 5.69 Å². The zero-order chi connectivity index (χ0) is 37.3. The van der Waals surface area contributed by atoms with Crippen LogP contribution in [-0.2, 0) is 14.4 Å². The number of carbonyl (C=O) groups is 3. The third kappa shape index (κ3) is 7.46. The summed E-state index contributed by atoms with van der Waals surface area (Å²) >= 11 is 1.52. The first kappa shape index (κ1) is 36.4. The van der Waals surface area contributed by atoms with Crippen LogP contribution >= 0.6 is 11.3 Å². The Labute approximate surface area is 313 Å². The number of aryl methyl sites for hydroxylation is 1. The van der Waals surface area contributed by atoms with Gasteiger partial charge in [-0.25, -0.2) is 14.8 Å². The van der Waals surface area contributed by atoms with E-state index in [-0.39, 0.29) is 30.7 Å². The van der Waals surface area contributed by atoms with Gasteiger partial charge in [-0.1, -0.05) is 57.0 Å². The number of carboxylic acid groups (broad SMARTS) is 1. The Hall–Kier alpha value is -4.97. The average Bonchev–Trinajstić information content (AvgIpc) is 3.44. The molecule has 1 saturated heterocycles. The Balaban J connectivity index is 1.25. The first-order valence-electron chi connectivity index (χ1n) is 18.5. The Kier molecular flexibility index (Phi) is 10.4. The molecule has 53 heavy (non-hydrogen) atoms. The second kappa shape index (κ2) is 15.2. The van der Waals surface area contributed by atoms with Crippen LogP contribution in [-0.4, -0.2) is 75.1 Å². The Morgan fingerprint density at radius 1 is 1.09 bits per heavy atom. The van der Waals surface area contributed by atoms with Gasteiger partial charge in [0.05, 0.1) is 24.9 Å². The van der Waals surface area contributed by atoms with E-state index in [1.54, 1.807) is 12.0 Å². The second-order valence-electron chi connectivity index (χ2n) is 14.7. The lowest BCUT2D eigenvalue weighted by Gasteiger charge is -2.30. The number of nitrogens with one attached hydrogen (secondary N) is 2. The number of ether oxygens (including phenoxy) is 2. The normalized spacial score (nSPS) is 25.5. The number of hydrogen-bond acceptors (Lipinski definition) is 9. The van der Waals surface area contributed by atoms with Gasteiger partial charge < -0.3 is 30.1 Å². The summed E-state index contributed by atoms with van der Waals surface area (Å²) < 4.78 is 12.4. The monoisotopic (exact) mass is 737 g/mol. The fourth-order valence-corrected chi connectivity index (χ4v) is 8.48. The number of hydrogen-bond donors (Lipinski definition) is 3. The summed E-state index contributed by atoms with van der Waals surface area (Å²) in [6.45, 7) is 6.31. The average molecular weight is 738 g/mol. The van der Waals surface area contributed by atoms with Crippen molar-refractivity contribution >= 4 is 45.7 Å². The van der Waals surface area contributed by atoms with Crippen LogP contribution in [0.15, 0.2) is 66.1 Å². The Bertz CT molecular complexity index is 2030. The number of pyridine rings is 1. The summed E-state index contributed by atoms with van der Waals surface area (Å²) in [6.07, 6.45) is 7.96. The molecule has 0 bridgehead atoms. The first-order chi connectivity index (χ1) is 25.6. The van der Waals surface area contributed by atoms with E-state index in [0.29, 0.717) is 35.6 Å². The molecule has 4 heterocycles. The lowest BCUT2D eigenvalue weighted by molar-refractivity contribution is -0.145. The number of amides is 2. The fourth-order valence-electron chi connectivity index (χ4n) is 7.54. The van der Waals surface area contributed by atoms with Crippen LogP contribution < -0.4 is 20.1 Å². The molecule has 1 aliphatic carbocycles. The van der Waals surface area contributed by atoms with Gasteiger partial charge in [-0.3, -0.25) is 9.59 Å². The molecule has 0 radical (unpaired) electrons. The third-order valence-electron chi connectivity index (χ3n) is 10.7. The van der Waals surface area contributed by atoms with Crippen LogP contribution in [0.1, 0.15) is 76.0 Å². The topological polar surface area (TPSA) is 143 Å². The summed E-state index contributed by atoms with van der Waals surface area (Å²) in [6, 6.07) is 13.8. The number of nitrogens with zero attached hydrogens (tertiary/aromatic N) is 3. The molecule has 3 N–H and O–H groups in total. The van der Waals surface area contributed by atoms with E-state index in [4.69, 9.17) is 19.4 Å². The molecule has 2 aliphatic heterocycles. The lowest BCUT2D eigenvalue weighted by Crippen LogP contribution is -2.55. The maximum absolute atomic E-state index is 14.6. The third-order valence-corrected chi connectivity index (χ3v) is 11.6. The minimum Gasteiger partial charge on any atom is -0.496 e. The Morgan fingerprint density at radius 2 is 1.91 bits per heavy atom. The van der Waals surface area contributed by atoms with Gasteiger partial charge in [0, 0.05) is 40.4 Å². The van der Waals surface area contributed by atoms with Crippen LogP contribution in [0.2, 0.25) is 0 Å². The van der Waals surface area contributed by atoms with Crippen molar-refractivity contribution in [2.45, 2.75) is 95.4 Å². The van der Waals surface area contributed by atoms with E-state index in [2.05, 4.69) is 24.5 Å². The highest BCUT2D eigenvalue weighted by Crippen LogP contribution is 2.46. The van der Waals surface area contributed by atoms with Crippen molar-refractivity contribution in [3.05, 3.63) is 77.3 Å². The van der Waals surface area contributed by atoms with E-state index in [0.717, 1.165) is 53.0 Å². The van der Waals surface area contributed by atoms with Gasteiger partial charge in [0.1, 0.15) is 45.9 Å². The molecule has 0 spiro atoms. The number of aromatic nitrogens is 2. The van der Waals surface area contributed by atoms with Crippen molar-refractivity contribution in [2.24, 2.45) is 5.92 Å². The molecule has 278 valence electrons. The minimum absolute atomic E-state index is 0.149. The van der Waals surface area contributed by atoms with Gasteiger partial charge in [0.15, 0.2) is 0 Å². The highest BCUT2D eigenvalue weighted by Gasteiger charge is 2.61. The maximum atomic E-state index is 14.6. The number of carbonyl (C=O) groups excluding carboxylic acids is 2. The SMILES string of the molecule is COc1ccc2c(O[C@@H]3C[C@H]4C(=O)N[C@]5(C(=O)O)C[C@H]5/C=C\CCCCC[C@H](Nc5ccccc5)C(=O)N4C3)cc(-c3nc(C(C)C)cs3)nc2c1C. The van der Waals surface area contributed by atoms with Gasteiger partial charge in [0.25, 0.3) is 0 Å². The highest BCUT2D eigenvalue weighted by atomic mass is 32.1. The summed E-state index contributed by atoms with van der Waals surface area (Å²) in [5.41, 5.74) is 2.63. The van der Waals surface area contributed by atoms with Gasteiger partial charge in [-0.05, 0) is 62.8 Å². The van der Waals surface area contributed by atoms with Crippen LogP contribution in [0.25, 0.3) is 21.6 Å². The minimum atomic E-state index is -1.39. The molecule has 11 nitrogen and oxygen atoms in total. The molecule has 0 unspecified atom stereocenters. The van der Waals surface area contributed by atoms with E-state index in [1.807, 2.05) is 73.0 Å². The zero-order valence-corrected chi connectivity index (χ0v) is 31.4. The zero-order valence-electron chi connectivity index (χ0n) is 30.6. The number of benzene rings is 2. The second-order valence-corrected chi connectivity index (χ2v) is 15.6. The van der Waals surface area contributed by atoms with E-state index < -0.39 is 35.6 Å². The van der Waals surface area contributed by atoms with Crippen molar-refractivity contribution in [2.75, 3.05) is 19.0 Å². The number of thiazole rings is 1. The largest absolute Gasteiger partial charge is 0.496 e. The van der Waals surface area contributed by atoms with Crippen molar-refractivity contribution in [1.82, 2.24) is 20.2 Å². The standard InChI is InChI=1S/C41H47N5O6S/c1-24(2)32-23-53-38(44-32)31-20-35(29-17-18-34(51-4)25(3)36(29)43-31)52-28-19-33-37(47)45-41(40(49)50)21-26(41)13-9-6-5-7-12-16-30(39(48)46(33)22-28)42-27-14-10-8-11-15-27/h8-11,13-15,17-18,20,23-24,26,28,30,33,42H,5-7,12,16,19,21-22H2,1-4H3,(H,45,47)(H,49,50)/b13-9-/t26-,28-,30+,33+,41-/m1/s1.